The number of thioether (sulfide) groups is 1. The van der Waals surface area contributed by atoms with E-state index in [1.165, 1.54) is 23.1 Å². The molecule has 0 amide bonds. The van der Waals surface area contributed by atoms with Crippen molar-refractivity contribution >= 4 is 29.1 Å². The monoisotopic (exact) mass is 218 g/mol. The summed E-state index contributed by atoms with van der Waals surface area (Å²) in [5, 5.41) is 15.9. The van der Waals surface area contributed by atoms with Gasteiger partial charge in [0, 0.05) is 0 Å². The van der Waals surface area contributed by atoms with Crippen molar-refractivity contribution in [1.82, 2.24) is 10.2 Å². The Labute approximate surface area is 84.4 Å². The Morgan fingerprint density at radius 1 is 1.69 bits per heavy atom. The molecule has 13 heavy (non-hydrogen) atoms. The third kappa shape index (κ3) is 2.96. The van der Waals surface area contributed by atoms with Crippen LogP contribution in [0.5, 0.6) is 0 Å². The topological polar surface area (TPSA) is 63.1 Å². The minimum Gasteiger partial charge on any atom is -0.480 e. The highest BCUT2D eigenvalue weighted by molar-refractivity contribution is 8.02. The molecule has 72 valence electrons. The van der Waals surface area contributed by atoms with Gasteiger partial charge in [-0.1, -0.05) is 36.9 Å². The van der Waals surface area contributed by atoms with Crippen LogP contribution in [0.2, 0.25) is 0 Å². The number of carboxylic acids is 1. The Kier molecular flexibility index (Phi) is 3.68. The van der Waals surface area contributed by atoms with Crippen LogP contribution >= 0.6 is 23.1 Å². The molecule has 1 heterocycles. The summed E-state index contributed by atoms with van der Waals surface area (Å²) < 4.78 is 0.709. The molecule has 1 aromatic rings. The second kappa shape index (κ2) is 4.57. The molecule has 1 N–H and O–H groups in total. The predicted octanol–water partition coefficient (Wildman–Crippen LogP) is 1.74. The minimum atomic E-state index is -0.796. The summed E-state index contributed by atoms with van der Waals surface area (Å²) in [4.78, 5) is 10.8. The van der Waals surface area contributed by atoms with Crippen molar-refractivity contribution in [2.75, 3.05) is 0 Å². The maximum Gasteiger partial charge on any atom is 0.317 e. The van der Waals surface area contributed by atoms with Crippen LogP contribution in [0.3, 0.4) is 0 Å². The van der Waals surface area contributed by atoms with Crippen LogP contribution in [0.25, 0.3) is 0 Å². The SMILES string of the molecule is CC(C)C(Sc1nncs1)C(=O)O. The number of aromatic nitrogens is 2. The molecule has 0 bridgehead atoms. The van der Waals surface area contributed by atoms with Gasteiger partial charge in [-0.2, -0.15) is 0 Å². The lowest BCUT2D eigenvalue weighted by Gasteiger charge is -2.12. The molecule has 0 spiro atoms. The van der Waals surface area contributed by atoms with Crippen molar-refractivity contribution in [3.05, 3.63) is 5.51 Å². The predicted molar refractivity (Wildman–Crippen MR) is 52.0 cm³/mol. The molecule has 0 saturated carbocycles. The largest absolute Gasteiger partial charge is 0.480 e. The summed E-state index contributed by atoms with van der Waals surface area (Å²) in [5.74, 6) is -0.707. The van der Waals surface area contributed by atoms with Gasteiger partial charge in [-0.15, -0.1) is 10.2 Å². The van der Waals surface area contributed by atoms with E-state index in [1.54, 1.807) is 5.51 Å². The quantitative estimate of drug-likeness (QED) is 0.780. The number of hydrogen-bond donors (Lipinski definition) is 1. The molecular formula is C7H10N2O2S2. The van der Waals surface area contributed by atoms with Gasteiger partial charge in [-0.05, 0) is 5.92 Å². The Bertz CT molecular complexity index is 274. The van der Waals surface area contributed by atoms with Gasteiger partial charge < -0.3 is 5.11 Å². The molecule has 1 rings (SSSR count). The first kappa shape index (κ1) is 10.5. The second-order valence-corrected chi connectivity index (χ2v) is 5.05. The van der Waals surface area contributed by atoms with Crippen molar-refractivity contribution in [3.63, 3.8) is 0 Å². The molecule has 0 saturated heterocycles. The van der Waals surface area contributed by atoms with Crippen LogP contribution in [0.4, 0.5) is 0 Å². The van der Waals surface area contributed by atoms with E-state index in [0.717, 1.165) is 0 Å². The molecule has 0 aliphatic rings. The number of carboxylic acid groups (broad SMARTS) is 1. The molecule has 0 aliphatic heterocycles. The average Bonchev–Trinajstić information content (AvgIpc) is 2.50. The molecule has 0 aliphatic carbocycles. The highest BCUT2D eigenvalue weighted by Crippen LogP contribution is 2.28. The number of aliphatic carboxylic acids is 1. The van der Waals surface area contributed by atoms with Crippen molar-refractivity contribution < 1.29 is 9.90 Å². The summed E-state index contributed by atoms with van der Waals surface area (Å²) in [5.41, 5.74) is 1.60. The molecule has 1 atom stereocenters. The number of nitrogens with zero attached hydrogens (tertiary/aromatic N) is 2. The zero-order valence-electron chi connectivity index (χ0n) is 7.30. The summed E-state index contributed by atoms with van der Waals surface area (Å²) in [7, 11) is 0. The number of hydrogen-bond acceptors (Lipinski definition) is 5. The Morgan fingerprint density at radius 3 is 2.77 bits per heavy atom. The summed E-state index contributed by atoms with van der Waals surface area (Å²) >= 11 is 2.62. The molecule has 0 fully saturated rings. The van der Waals surface area contributed by atoms with Crippen LogP contribution in [-0.4, -0.2) is 26.5 Å². The summed E-state index contributed by atoms with van der Waals surface area (Å²) in [6, 6.07) is 0. The molecular weight excluding hydrogens is 208 g/mol. The molecule has 1 aromatic heterocycles. The standard InChI is InChI=1S/C7H10N2O2S2/c1-4(2)5(6(10)11)13-7-9-8-3-12-7/h3-5H,1-2H3,(H,10,11). The Hall–Kier alpha value is -0.620. The van der Waals surface area contributed by atoms with Gasteiger partial charge in [0.05, 0.1) is 0 Å². The van der Waals surface area contributed by atoms with Crippen molar-refractivity contribution in [3.8, 4) is 0 Å². The van der Waals surface area contributed by atoms with Gasteiger partial charge in [-0.3, -0.25) is 4.79 Å². The summed E-state index contributed by atoms with van der Waals surface area (Å²) in [6.07, 6.45) is 0. The van der Waals surface area contributed by atoms with E-state index in [1.807, 2.05) is 13.8 Å². The van der Waals surface area contributed by atoms with Crippen LogP contribution in [0, 0.1) is 5.92 Å². The average molecular weight is 218 g/mol. The molecule has 1 unspecified atom stereocenters. The lowest BCUT2D eigenvalue weighted by Crippen LogP contribution is -2.22. The van der Waals surface area contributed by atoms with E-state index in [-0.39, 0.29) is 5.92 Å². The number of rotatable bonds is 4. The summed E-state index contributed by atoms with van der Waals surface area (Å²) in [6.45, 7) is 3.76. The fourth-order valence-electron chi connectivity index (χ4n) is 0.795. The van der Waals surface area contributed by atoms with Crippen LogP contribution in [0.15, 0.2) is 9.85 Å². The van der Waals surface area contributed by atoms with Gasteiger partial charge in [0.2, 0.25) is 0 Å². The highest BCUT2D eigenvalue weighted by Gasteiger charge is 2.23. The first-order chi connectivity index (χ1) is 6.11. The van der Waals surface area contributed by atoms with E-state index in [9.17, 15) is 4.79 Å². The minimum absolute atomic E-state index is 0.0893. The number of carbonyl (C=O) groups is 1. The van der Waals surface area contributed by atoms with Gasteiger partial charge >= 0.3 is 5.97 Å². The van der Waals surface area contributed by atoms with Gasteiger partial charge in [-0.25, -0.2) is 0 Å². The smallest absolute Gasteiger partial charge is 0.317 e. The van der Waals surface area contributed by atoms with Crippen molar-refractivity contribution in [2.45, 2.75) is 23.4 Å². The first-order valence-electron chi connectivity index (χ1n) is 3.77. The van der Waals surface area contributed by atoms with E-state index in [0.29, 0.717) is 4.34 Å². The first-order valence-corrected chi connectivity index (χ1v) is 5.53. The van der Waals surface area contributed by atoms with Crippen molar-refractivity contribution in [1.29, 1.82) is 0 Å². The maximum absolute atomic E-state index is 10.8. The van der Waals surface area contributed by atoms with Crippen LogP contribution < -0.4 is 0 Å². The zero-order valence-corrected chi connectivity index (χ0v) is 8.93. The van der Waals surface area contributed by atoms with E-state index in [2.05, 4.69) is 10.2 Å². The fourth-order valence-corrected chi connectivity index (χ4v) is 2.42. The van der Waals surface area contributed by atoms with E-state index >= 15 is 0 Å². The van der Waals surface area contributed by atoms with Crippen molar-refractivity contribution in [2.24, 2.45) is 5.92 Å². The lowest BCUT2D eigenvalue weighted by atomic mass is 10.1. The van der Waals surface area contributed by atoms with E-state index in [4.69, 9.17) is 5.11 Å². The van der Waals surface area contributed by atoms with E-state index < -0.39 is 11.2 Å². The Morgan fingerprint density at radius 2 is 2.38 bits per heavy atom. The fraction of sp³-hybridized carbons (Fsp3) is 0.571. The Balaban J connectivity index is 2.63. The van der Waals surface area contributed by atoms with Crippen LogP contribution in [0.1, 0.15) is 13.8 Å². The zero-order chi connectivity index (χ0) is 9.84. The third-order valence-electron chi connectivity index (χ3n) is 1.42. The second-order valence-electron chi connectivity index (χ2n) is 2.83. The lowest BCUT2D eigenvalue weighted by molar-refractivity contribution is -0.137. The van der Waals surface area contributed by atoms with Gasteiger partial charge in [0.1, 0.15) is 10.8 Å². The maximum atomic E-state index is 10.8. The highest BCUT2D eigenvalue weighted by atomic mass is 32.2. The molecule has 4 nitrogen and oxygen atoms in total. The van der Waals surface area contributed by atoms with Crippen LogP contribution in [-0.2, 0) is 4.79 Å². The molecule has 0 aromatic carbocycles. The third-order valence-corrected chi connectivity index (χ3v) is 3.76. The van der Waals surface area contributed by atoms with Gasteiger partial charge in [0.15, 0.2) is 4.34 Å². The molecule has 6 heteroatoms. The van der Waals surface area contributed by atoms with Gasteiger partial charge in [0.25, 0.3) is 0 Å². The normalized spacial score (nSPS) is 13.2. The molecule has 0 radical (unpaired) electrons.